The summed E-state index contributed by atoms with van der Waals surface area (Å²) in [5.41, 5.74) is 8.99. The Bertz CT molecular complexity index is 1130. The number of nitrogens with zero attached hydrogens (tertiary/aromatic N) is 3. The molecule has 1 aliphatic rings. The third-order valence-electron chi connectivity index (χ3n) is 4.71. The van der Waals surface area contributed by atoms with Gasteiger partial charge in [-0.3, -0.25) is 23.7 Å². The van der Waals surface area contributed by atoms with E-state index in [0.29, 0.717) is 0 Å². The van der Waals surface area contributed by atoms with E-state index in [0.717, 1.165) is 11.3 Å². The van der Waals surface area contributed by atoms with Crippen molar-refractivity contribution in [1.82, 2.24) is 19.9 Å². The summed E-state index contributed by atoms with van der Waals surface area (Å²) in [6.07, 6.45) is -0.574. The lowest BCUT2D eigenvalue weighted by Gasteiger charge is -2.43. The number of nitrogen functional groups attached to an aromatic ring is 1. The Morgan fingerprint density at radius 2 is 2.03 bits per heavy atom. The number of thiazole rings is 1. The number of amides is 3. The molecule has 0 radical (unpaired) electrons. The molecule has 1 aromatic heterocycles. The quantitative estimate of drug-likeness (QED) is 0.0703. The van der Waals surface area contributed by atoms with Crippen LogP contribution in [0.15, 0.2) is 10.5 Å². The number of anilines is 1. The Kier molecular flexibility index (Phi) is 8.71. The zero-order chi connectivity index (χ0) is 26.6. The van der Waals surface area contributed by atoms with Crippen LogP contribution in [0.25, 0.3) is 0 Å². The number of aliphatic carboxylic acids is 1. The van der Waals surface area contributed by atoms with E-state index in [2.05, 4.69) is 20.8 Å². The van der Waals surface area contributed by atoms with E-state index >= 15 is 0 Å². The molecule has 8 N–H and O–H groups in total. The summed E-state index contributed by atoms with van der Waals surface area (Å²) >= 11 is 0.959. The van der Waals surface area contributed by atoms with Gasteiger partial charge in [-0.2, -0.15) is 8.42 Å². The van der Waals surface area contributed by atoms with Crippen LogP contribution in [0.5, 0.6) is 0 Å². The summed E-state index contributed by atoms with van der Waals surface area (Å²) in [5, 5.41) is 18.9. The van der Waals surface area contributed by atoms with Gasteiger partial charge in [0.1, 0.15) is 18.3 Å². The molecule has 0 spiro atoms. The summed E-state index contributed by atoms with van der Waals surface area (Å²) in [7, 11) is -5.02. The van der Waals surface area contributed by atoms with E-state index in [1.165, 1.54) is 19.2 Å². The fourth-order valence-electron chi connectivity index (χ4n) is 2.77. The molecule has 0 unspecified atom stereocenters. The van der Waals surface area contributed by atoms with Gasteiger partial charge in [0.25, 0.3) is 11.8 Å². The number of aromatic nitrogens is 1. The fraction of sp³-hybridized carbons (Fsp3) is 0.529. The number of nitrogens with one attached hydrogen (secondary N) is 2. The lowest BCUT2D eigenvalue weighted by Crippen LogP contribution is -2.73. The van der Waals surface area contributed by atoms with Crippen LogP contribution in [0, 0.1) is 5.41 Å². The number of nitrogens with two attached hydrogens (primary N) is 2. The van der Waals surface area contributed by atoms with Crippen LogP contribution in [0.3, 0.4) is 0 Å². The standard InChI is InChI=1S/C17H25N7O9S2/c1-17(2,15(28)29)7-33-23-11(8-6-34-16(19)21-8)13(26)22-12-9(5-10(25)20-4-3-18)24(14(12)27)35(30,31)32/h6,9,12H,3-5,7,18H2,1-2H3,(H2,19,21)(H,20,25)(H,22,26)(H,28,29)(H,30,31,32)/b23-11-/t9-,12-/m1/s1. The van der Waals surface area contributed by atoms with Crippen molar-refractivity contribution in [2.24, 2.45) is 16.3 Å². The lowest BCUT2D eigenvalue weighted by molar-refractivity contribution is -0.150. The molecule has 1 saturated heterocycles. The molecule has 2 rings (SSSR count). The average Bonchev–Trinajstić information content (AvgIpc) is 3.17. The first kappa shape index (κ1) is 27.9. The predicted octanol–water partition coefficient (Wildman–Crippen LogP) is -2.48. The summed E-state index contributed by atoms with van der Waals surface area (Å²) in [5.74, 6) is -4.11. The van der Waals surface area contributed by atoms with Crippen LogP contribution in [-0.2, 0) is 34.3 Å². The minimum absolute atomic E-state index is 0.0613. The molecule has 1 fully saturated rings. The number of carbonyl (C=O) groups is 4. The Balaban J connectivity index is 2.27. The van der Waals surface area contributed by atoms with Gasteiger partial charge in [-0.15, -0.1) is 11.3 Å². The first-order chi connectivity index (χ1) is 16.2. The zero-order valence-electron chi connectivity index (χ0n) is 18.6. The highest BCUT2D eigenvalue weighted by atomic mass is 32.2. The summed E-state index contributed by atoms with van der Waals surface area (Å²) in [6.45, 7) is 2.48. The maximum absolute atomic E-state index is 12.9. The van der Waals surface area contributed by atoms with Crippen molar-refractivity contribution >= 4 is 56.2 Å². The van der Waals surface area contributed by atoms with Crippen molar-refractivity contribution in [3.63, 3.8) is 0 Å². The van der Waals surface area contributed by atoms with Gasteiger partial charge >= 0.3 is 16.3 Å². The van der Waals surface area contributed by atoms with Crippen molar-refractivity contribution < 1.29 is 42.1 Å². The second-order valence-corrected chi connectivity index (χ2v) is 10.1. The van der Waals surface area contributed by atoms with Gasteiger partial charge in [0, 0.05) is 18.5 Å². The monoisotopic (exact) mass is 535 g/mol. The molecule has 18 heteroatoms. The second-order valence-electron chi connectivity index (χ2n) is 7.95. The molecule has 35 heavy (non-hydrogen) atoms. The molecular formula is C17H25N7O9S2. The van der Waals surface area contributed by atoms with E-state index in [9.17, 15) is 37.3 Å². The van der Waals surface area contributed by atoms with Gasteiger partial charge in [-0.25, -0.2) is 9.29 Å². The number of hydrogen-bond acceptors (Lipinski definition) is 12. The van der Waals surface area contributed by atoms with E-state index in [-0.39, 0.29) is 28.2 Å². The summed E-state index contributed by atoms with van der Waals surface area (Å²) < 4.78 is 32.6. The van der Waals surface area contributed by atoms with Crippen molar-refractivity contribution in [3.05, 3.63) is 11.1 Å². The second kappa shape index (κ2) is 10.9. The number of oxime groups is 1. The van der Waals surface area contributed by atoms with Crippen molar-refractivity contribution in [2.45, 2.75) is 32.4 Å². The van der Waals surface area contributed by atoms with Gasteiger partial charge < -0.3 is 32.0 Å². The third-order valence-corrected chi connectivity index (χ3v) is 6.33. The van der Waals surface area contributed by atoms with E-state index in [4.69, 9.17) is 16.3 Å². The Morgan fingerprint density at radius 3 is 2.54 bits per heavy atom. The van der Waals surface area contributed by atoms with Crippen molar-refractivity contribution in [3.8, 4) is 0 Å². The number of hydrogen-bond donors (Lipinski definition) is 6. The van der Waals surface area contributed by atoms with E-state index in [1.807, 2.05) is 0 Å². The summed E-state index contributed by atoms with van der Waals surface area (Å²) in [6, 6.07) is -2.96. The van der Waals surface area contributed by atoms with Gasteiger partial charge in [0.2, 0.25) is 5.91 Å². The first-order valence-corrected chi connectivity index (χ1v) is 12.2. The molecule has 194 valence electrons. The van der Waals surface area contributed by atoms with Gasteiger partial charge in [0.05, 0.1) is 17.9 Å². The molecule has 3 amide bonds. The molecule has 16 nitrogen and oxygen atoms in total. The Morgan fingerprint density at radius 1 is 1.37 bits per heavy atom. The van der Waals surface area contributed by atoms with Crippen LogP contribution in [0.4, 0.5) is 5.13 Å². The largest absolute Gasteiger partial charge is 0.481 e. The number of rotatable bonds is 12. The molecule has 1 aliphatic heterocycles. The minimum atomic E-state index is -5.02. The van der Waals surface area contributed by atoms with Crippen molar-refractivity contribution in [1.29, 1.82) is 0 Å². The molecular weight excluding hydrogens is 510 g/mol. The lowest BCUT2D eigenvalue weighted by atomic mass is 9.94. The van der Waals surface area contributed by atoms with Gasteiger partial charge in [-0.05, 0) is 13.8 Å². The average molecular weight is 536 g/mol. The molecule has 0 aliphatic carbocycles. The highest BCUT2D eigenvalue weighted by Crippen LogP contribution is 2.26. The van der Waals surface area contributed by atoms with Crippen LogP contribution in [0.2, 0.25) is 0 Å². The molecule has 2 atom stereocenters. The number of carboxylic acid groups (broad SMARTS) is 1. The third kappa shape index (κ3) is 6.84. The molecule has 1 aromatic rings. The normalized spacial score (nSPS) is 18.6. The number of carboxylic acids is 1. The SMILES string of the molecule is CC(C)(CO/N=C(\C(=O)N[C@H]1C(=O)N(S(=O)(=O)O)[C@@H]1CC(=O)NCCN)c1csc(N)n1)C(=O)O. The molecule has 2 heterocycles. The maximum Gasteiger partial charge on any atom is 0.362 e. The Labute approximate surface area is 203 Å². The van der Waals surface area contributed by atoms with Crippen LogP contribution >= 0.6 is 11.3 Å². The van der Waals surface area contributed by atoms with E-state index < -0.39 is 70.2 Å². The highest BCUT2D eigenvalue weighted by molar-refractivity contribution is 7.84. The van der Waals surface area contributed by atoms with Crippen LogP contribution in [-0.4, -0.2) is 88.5 Å². The van der Waals surface area contributed by atoms with Crippen molar-refractivity contribution in [2.75, 3.05) is 25.4 Å². The first-order valence-electron chi connectivity index (χ1n) is 9.92. The molecule has 0 aromatic carbocycles. The zero-order valence-corrected chi connectivity index (χ0v) is 20.3. The smallest absolute Gasteiger partial charge is 0.362 e. The molecule has 0 saturated carbocycles. The number of β-lactam (4-membered cyclic amide) rings is 1. The van der Waals surface area contributed by atoms with Gasteiger partial charge in [0.15, 0.2) is 10.8 Å². The summed E-state index contributed by atoms with van der Waals surface area (Å²) in [4.78, 5) is 57.6. The van der Waals surface area contributed by atoms with E-state index in [1.54, 1.807) is 0 Å². The maximum atomic E-state index is 12.9. The van der Waals surface area contributed by atoms with Gasteiger partial charge in [-0.1, -0.05) is 5.16 Å². The highest BCUT2D eigenvalue weighted by Gasteiger charge is 2.54. The fourth-order valence-corrected chi connectivity index (χ4v) is 4.19. The predicted molar refractivity (Wildman–Crippen MR) is 121 cm³/mol. The minimum Gasteiger partial charge on any atom is -0.481 e. The van der Waals surface area contributed by atoms with Crippen LogP contribution in [0.1, 0.15) is 26.0 Å². The topological polar surface area (TPSA) is 257 Å². The van der Waals surface area contributed by atoms with Crippen LogP contribution < -0.4 is 22.1 Å². The number of carbonyl (C=O) groups excluding carboxylic acids is 3. The Hall–Kier alpha value is -3.35. The molecule has 0 bridgehead atoms.